The molecule has 8 atom stereocenters. The Kier molecular flexibility index (Phi) is 6.63. The molecular weight excluding hydrogens is 374 g/mol. The van der Waals surface area contributed by atoms with Crippen molar-refractivity contribution < 1.29 is 14.6 Å². The number of ether oxygens (including phenoxy) is 2. The maximum atomic E-state index is 11.3. The summed E-state index contributed by atoms with van der Waals surface area (Å²) in [7, 11) is 2.17. The Bertz CT molecular complexity index is 597. The SMILES string of the molecule is CCOC[C@@]1(O)CC[C@@]2(COC(C)C)[C@H](CCC3[C@@H]4CC[C@@H](NC)[C@@]4(C)CC[C@@H]32)C1. The Labute approximate surface area is 184 Å². The molecule has 0 aromatic carbocycles. The van der Waals surface area contributed by atoms with Crippen LogP contribution in [0.25, 0.3) is 0 Å². The quantitative estimate of drug-likeness (QED) is 0.620. The molecule has 1 unspecified atom stereocenters. The normalized spacial score (nSPS) is 48.3. The molecule has 30 heavy (non-hydrogen) atoms. The van der Waals surface area contributed by atoms with E-state index in [0.717, 1.165) is 43.6 Å². The van der Waals surface area contributed by atoms with Gasteiger partial charge in [0, 0.05) is 12.6 Å². The van der Waals surface area contributed by atoms with Gasteiger partial charge in [-0.1, -0.05) is 6.92 Å². The molecule has 174 valence electrons. The molecule has 2 N–H and O–H groups in total. The smallest absolute Gasteiger partial charge is 0.0883 e. The van der Waals surface area contributed by atoms with E-state index in [1.54, 1.807) is 0 Å². The minimum Gasteiger partial charge on any atom is -0.387 e. The van der Waals surface area contributed by atoms with Crippen LogP contribution >= 0.6 is 0 Å². The van der Waals surface area contributed by atoms with Gasteiger partial charge in [0.2, 0.25) is 0 Å². The average Bonchev–Trinajstić information content (AvgIpc) is 3.07. The number of hydrogen-bond acceptors (Lipinski definition) is 4. The van der Waals surface area contributed by atoms with Crippen molar-refractivity contribution in [2.24, 2.45) is 34.5 Å². The monoisotopic (exact) mass is 421 g/mol. The van der Waals surface area contributed by atoms with Crippen molar-refractivity contribution in [2.75, 3.05) is 26.9 Å². The summed E-state index contributed by atoms with van der Waals surface area (Å²) in [6.45, 7) is 11.0. The molecule has 0 saturated heterocycles. The van der Waals surface area contributed by atoms with E-state index in [1.807, 2.05) is 6.92 Å². The zero-order chi connectivity index (χ0) is 21.6. The molecule has 0 aliphatic heterocycles. The molecule has 0 bridgehead atoms. The van der Waals surface area contributed by atoms with Crippen LogP contribution < -0.4 is 5.32 Å². The summed E-state index contributed by atoms with van der Waals surface area (Å²) >= 11 is 0. The van der Waals surface area contributed by atoms with Gasteiger partial charge in [0.05, 0.1) is 24.9 Å². The summed E-state index contributed by atoms with van der Waals surface area (Å²) in [5, 5.41) is 15.0. The number of nitrogens with one attached hydrogen (secondary N) is 1. The van der Waals surface area contributed by atoms with Gasteiger partial charge in [-0.2, -0.15) is 0 Å². The number of aliphatic hydroxyl groups is 1. The van der Waals surface area contributed by atoms with Crippen molar-refractivity contribution in [2.45, 2.75) is 103 Å². The van der Waals surface area contributed by atoms with Gasteiger partial charge in [0.15, 0.2) is 0 Å². The zero-order valence-corrected chi connectivity index (χ0v) is 20.2. The molecule has 4 rings (SSSR count). The fraction of sp³-hybridized carbons (Fsp3) is 1.00. The molecular formula is C26H47NO3. The van der Waals surface area contributed by atoms with E-state index < -0.39 is 5.60 Å². The highest BCUT2D eigenvalue weighted by molar-refractivity contribution is 5.12. The Morgan fingerprint density at radius 3 is 2.50 bits per heavy atom. The molecule has 0 radical (unpaired) electrons. The molecule has 0 amide bonds. The molecule has 4 aliphatic carbocycles. The third kappa shape index (κ3) is 3.78. The van der Waals surface area contributed by atoms with Gasteiger partial charge in [0.25, 0.3) is 0 Å². The van der Waals surface area contributed by atoms with Crippen LogP contribution in [0.1, 0.15) is 85.5 Å². The lowest BCUT2D eigenvalue weighted by atomic mass is 9.43. The van der Waals surface area contributed by atoms with Gasteiger partial charge in [0.1, 0.15) is 0 Å². The van der Waals surface area contributed by atoms with Crippen molar-refractivity contribution in [3.63, 3.8) is 0 Å². The van der Waals surface area contributed by atoms with E-state index in [0.29, 0.717) is 30.6 Å². The van der Waals surface area contributed by atoms with Gasteiger partial charge < -0.3 is 19.9 Å². The molecule has 0 heterocycles. The van der Waals surface area contributed by atoms with Gasteiger partial charge >= 0.3 is 0 Å². The number of hydrogen-bond donors (Lipinski definition) is 2. The second-order valence-electron chi connectivity index (χ2n) is 11.8. The van der Waals surface area contributed by atoms with Crippen molar-refractivity contribution in [1.29, 1.82) is 0 Å². The van der Waals surface area contributed by atoms with Crippen molar-refractivity contribution in [3.8, 4) is 0 Å². The molecule has 0 spiro atoms. The van der Waals surface area contributed by atoms with Crippen molar-refractivity contribution in [1.82, 2.24) is 5.32 Å². The summed E-state index contributed by atoms with van der Waals surface area (Å²) in [5.74, 6) is 3.03. The van der Waals surface area contributed by atoms with Crippen molar-refractivity contribution in [3.05, 3.63) is 0 Å². The second kappa shape index (κ2) is 8.65. The van der Waals surface area contributed by atoms with E-state index in [9.17, 15) is 5.11 Å². The van der Waals surface area contributed by atoms with Crippen LogP contribution in [0.4, 0.5) is 0 Å². The van der Waals surface area contributed by atoms with Gasteiger partial charge in [-0.3, -0.25) is 0 Å². The van der Waals surface area contributed by atoms with E-state index in [4.69, 9.17) is 9.47 Å². The van der Waals surface area contributed by atoms with Crippen molar-refractivity contribution >= 4 is 0 Å². The van der Waals surface area contributed by atoms with E-state index in [2.05, 4.69) is 33.1 Å². The Morgan fingerprint density at radius 1 is 1.00 bits per heavy atom. The summed E-state index contributed by atoms with van der Waals surface area (Å²) in [5.41, 5.74) is 0.0838. The first-order chi connectivity index (χ1) is 14.3. The van der Waals surface area contributed by atoms with Gasteiger partial charge in [-0.25, -0.2) is 0 Å². The number of rotatable bonds is 7. The van der Waals surface area contributed by atoms with Gasteiger partial charge in [-0.15, -0.1) is 0 Å². The summed E-state index contributed by atoms with van der Waals surface area (Å²) in [6.07, 6.45) is 11.2. The number of fused-ring (bicyclic) bond motifs is 5. The molecule has 0 aromatic heterocycles. The van der Waals surface area contributed by atoms with E-state index >= 15 is 0 Å². The molecule has 4 heteroatoms. The fourth-order valence-corrected chi connectivity index (χ4v) is 8.62. The predicted molar refractivity (Wildman–Crippen MR) is 121 cm³/mol. The maximum absolute atomic E-state index is 11.3. The average molecular weight is 422 g/mol. The first-order valence-corrected chi connectivity index (χ1v) is 12.9. The summed E-state index contributed by atoms with van der Waals surface area (Å²) in [6, 6.07) is 0.687. The van der Waals surface area contributed by atoms with Crippen LogP contribution in [0.15, 0.2) is 0 Å². The largest absolute Gasteiger partial charge is 0.387 e. The lowest BCUT2D eigenvalue weighted by Gasteiger charge is -2.63. The predicted octanol–water partition coefficient (Wildman–Crippen LogP) is 4.79. The summed E-state index contributed by atoms with van der Waals surface area (Å²) in [4.78, 5) is 0. The van der Waals surface area contributed by atoms with Crippen LogP contribution in [0.2, 0.25) is 0 Å². The fourth-order valence-electron chi connectivity index (χ4n) is 8.62. The minimum absolute atomic E-state index is 0.255. The minimum atomic E-state index is -0.636. The lowest BCUT2D eigenvalue weighted by molar-refractivity contribution is -0.193. The third-order valence-corrected chi connectivity index (χ3v) is 10.1. The molecule has 4 fully saturated rings. The van der Waals surface area contributed by atoms with Crippen LogP contribution in [-0.4, -0.2) is 49.7 Å². The molecule has 0 aromatic rings. The Morgan fingerprint density at radius 2 is 1.80 bits per heavy atom. The van der Waals surface area contributed by atoms with E-state index in [-0.39, 0.29) is 11.5 Å². The zero-order valence-electron chi connectivity index (χ0n) is 20.2. The first-order valence-electron chi connectivity index (χ1n) is 12.9. The summed E-state index contributed by atoms with van der Waals surface area (Å²) < 4.78 is 12.1. The van der Waals surface area contributed by atoms with Crippen LogP contribution in [0, 0.1) is 34.5 Å². The van der Waals surface area contributed by atoms with E-state index in [1.165, 1.54) is 38.5 Å². The standard InChI is InChI=1S/C26H47NO3/c1-6-29-16-25(28)13-14-26(17-30-18(2)3)19(15-25)7-8-20-21-9-10-23(27-5)24(21,4)12-11-22(20)26/h18-23,27-28H,6-17H2,1-5H3/t19-,20?,21+,22+,23-,24+,25-,26-/m1/s1. The van der Waals surface area contributed by atoms with Gasteiger partial charge in [-0.05, 0) is 120 Å². The highest BCUT2D eigenvalue weighted by Gasteiger charge is 2.62. The second-order valence-corrected chi connectivity index (χ2v) is 11.8. The maximum Gasteiger partial charge on any atom is 0.0883 e. The van der Waals surface area contributed by atoms with Crippen LogP contribution in [-0.2, 0) is 9.47 Å². The highest BCUT2D eigenvalue weighted by atomic mass is 16.5. The molecule has 4 aliphatic rings. The highest BCUT2D eigenvalue weighted by Crippen LogP contribution is 2.67. The van der Waals surface area contributed by atoms with Crippen LogP contribution in [0.3, 0.4) is 0 Å². The molecule has 4 saturated carbocycles. The van der Waals surface area contributed by atoms with Crippen LogP contribution in [0.5, 0.6) is 0 Å². The third-order valence-electron chi connectivity index (χ3n) is 10.1. The Balaban J connectivity index is 1.59. The topological polar surface area (TPSA) is 50.7 Å². The Hall–Kier alpha value is -0.160. The first kappa shape index (κ1) is 23.0. The lowest BCUT2D eigenvalue weighted by Crippen LogP contribution is -2.60. The molecule has 4 nitrogen and oxygen atoms in total.